The van der Waals surface area contributed by atoms with Gasteiger partial charge in [-0.3, -0.25) is 0 Å². The number of rotatable bonds is 6. The molecule has 2 rings (SSSR count). The fraction of sp³-hybridized carbons (Fsp3) is 0.846. The first-order valence-electron chi connectivity index (χ1n) is 6.90. The van der Waals surface area contributed by atoms with Crippen LogP contribution in [-0.2, 0) is 6.42 Å². The van der Waals surface area contributed by atoms with Gasteiger partial charge in [0.05, 0.1) is 0 Å². The number of aryl methyl sites for hydroxylation is 1. The number of aromatic nitrogens is 2. The molecule has 0 spiro atoms. The summed E-state index contributed by atoms with van der Waals surface area (Å²) >= 11 is 0. The molecule has 1 aromatic rings. The smallest absolute Gasteiger partial charge is 0.223 e. The van der Waals surface area contributed by atoms with Crippen LogP contribution in [0.4, 0.5) is 0 Å². The van der Waals surface area contributed by atoms with Gasteiger partial charge in [-0.1, -0.05) is 5.16 Å². The van der Waals surface area contributed by atoms with Crippen molar-refractivity contribution < 1.29 is 9.63 Å². The summed E-state index contributed by atoms with van der Waals surface area (Å²) in [7, 11) is 0. The minimum Gasteiger partial charge on any atom is -0.396 e. The number of aliphatic hydroxyl groups excluding tert-OH is 1. The summed E-state index contributed by atoms with van der Waals surface area (Å²) in [5, 5.41) is 12.8. The summed E-state index contributed by atoms with van der Waals surface area (Å²) < 4.78 is 5.01. The van der Waals surface area contributed by atoms with Gasteiger partial charge in [-0.05, 0) is 44.7 Å². The number of unbranched alkanes of at least 4 members (excludes halogenated alkanes) is 1. The maximum atomic E-state index is 8.80. The Morgan fingerprint density at radius 1 is 1.44 bits per heavy atom. The number of nitrogens with zero attached hydrogens (tertiary/aromatic N) is 3. The standard InChI is InChI=1S/C13H23N3O2/c1-11-14-13(15-18-11)9-12-5-4-7-16(10-12)6-2-3-8-17/h12,17H,2-10H2,1H3. The van der Waals surface area contributed by atoms with Crippen LogP contribution >= 0.6 is 0 Å². The fourth-order valence-electron chi connectivity index (χ4n) is 2.65. The third kappa shape index (κ3) is 4.07. The lowest BCUT2D eigenvalue weighted by Crippen LogP contribution is -2.37. The van der Waals surface area contributed by atoms with Gasteiger partial charge in [0.25, 0.3) is 0 Å². The summed E-state index contributed by atoms with van der Waals surface area (Å²) in [5.41, 5.74) is 0. The van der Waals surface area contributed by atoms with Crippen LogP contribution in [0.25, 0.3) is 0 Å². The van der Waals surface area contributed by atoms with Gasteiger partial charge in [-0.25, -0.2) is 0 Å². The fourth-order valence-corrected chi connectivity index (χ4v) is 2.65. The lowest BCUT2D eigenvalue weighted by atomic mass is 9.94. The van der Waals surface area contributed by atoms with E-state index in [0.717, 1.165) is 38.2 Å². The topological polar surface area (TPSA) is 62.4 Å². The molecule has 0 bridgehead atoms. The van der Waals surface area contributed by atoms with E-state index in [2.05, 4.69) is 15.0 Å². The zero-order valence-electron chi connectivity index (χ0n) is 11.1. The summed E-state index contributed by atoms with van der Waals surface area (Å²) in [6.45, 7) is 5.55. The predicted octanol–water partition coefficient (Wildman–Crippen LogP) is 1.41. The van der Waals surface area contributed by atoms with E-state index in [9.17, 15) is 0 Å². The predicted molar refractivity (Wildman–Crippen MR) is 68.2 cm³/mol. The van der Waals surface area contributed by atoms with E-state index in [1.165, 1.54) is 19.4 Å². The Kier molecular flexibility index (Phi) is 5.13. The van der Waals surface area contributed by atoms with Crippen LogP contribution in [0.5, 0.6) is 0 Å². The first kappa shape index (κ1) is 13.5. The van der Waals surface area contributed by atoms with Gasteiger partial charge in [0.2, 0.25) is 5.89 Å². The van der Waals surface area contributed by atoms with Gasteiger partial charge in [0.15, 0.2) is 5.82 Å². The van der Waals surface area contributed by atoms with E-state index >= 15 is 0 Å². The Balaban J connectivity index is 1.76. The van der Waals surface area contributed by atoms with Gasteiger partial charge in [0, 0.05) is 26.5 Å². The van der Waals surface area contributed by atoms with Crippen molar-refractivity contribution in [2.24, 2.45) is 5.92 Å². The van der Waals surface area contributed by atoms with Crippen LogP contribution in [-0.4, -0.2) is 46.4 Å². The quantitative estimate of drug-likeness (QED) is 0.777. The van der Waals surface area contributed by atoms with Crippen LogP contribution in [0.15, 0.2) is 4.52 Å². The first-order valence-corrected chi connectivity index (χ1v) is 6.90. The summed E-state index contributed by atoms with van der Waals surface area (Å²) in [5.74, 6) is 2.14. The van der Waals surface area contributed by atoms with Crippen molar-refractivity contribution in [1.29, 1.82) is 0 Å². The molecule has 2 heterocycles. The van der Waals surface area contributed by atoms with Crippen LogP contribution in [0, 0.1) is 12.8 Å². The number of hydrogen-bond acceptors (Lipinski definition) is 5. The molecule has 1 fully saturated rings. The van der Waals surface area contributed by atoms with Gasteiger partial charge < -0.3 is 14.5 Å². The molecular formula is C13H23N3O2. The molecule has 102 valence electrons. The molecule has 0 aliphatic carbocycles. The normalized spacial score (nSPS) is 21.3. The average molecular weight is 253 g/mol. The van der Waals surface area contributed by atoms with E-state index < -0.39 is 0 Å². The molecule has 1 N–H and O–H groups in total. The highest BCUT2D eigenvalue weighted by molar-refractivity contribution is 4.88. The first-order chi connectivity index (χ1) is 8.78. The van der Waals surface area contributed by atoms with Crippen molar-refractivity contribution in [3.05, 3.63) is 11.7 Å². The summed E-state index contributed by atoms with van der Waals surface area (Å²) in [4.78, 5) is 6.77. The summed E-state index contributed by atoms with van der Waals surface area (Å²) in [6.07, 6.45) is 5.42. The van der Waals surface area contributed by atoms with E-state index in [4.69, 9.17) is 9.63 Å². The lowest BCUT2D eigenvalue weighted by molar-refractivity contribution is 0.165. The molecule has 0 saturated carbocycles. The Bertz CT molecular complexity index is 354. The number of piperidine rings is 1. The molecule has 18 heavy (non-hydrogen) atoms. The van der Waals surface area contributed by atoms with Crippen molar-refractivity contribution in [2.45, 2.75) is 39.0 Å². The second-order valence-corrected chi connectivity index (χ2v) is 5.17. The van der Waals surface area contributed by atoms with Crippen molar-refractivity contribution in [3.63, 3.8) is 0 Å². The zero-order chi connectivity index (χ0) is 12.8. The van der Waals surface area contributed by atoms with Crippen molar-refractivity contribution >= 4 is 0 Å². The molecule has 0 radical (unpaired) electrons. The zero-order valence-corrected chi connectivity index (χ0v) is 11.1. The van der Waals surface area contributed by atoms with E-state index in [-0.39, 0.29) is 0 Å². The van der Waals surface area contributed by atoms with Gasteiger partial charge in [0.1, 0.15) is 0 Å². The molecule has 1 atom stereocenters. The molecule has 1 saturated heterocycles. The molecule has 1 unspecified atom stereocenters. The highest BCUT2D eigenvalue weighted by Gasteiger charge is 2.21. The molecule has 0 amide bonds. The van der Waals surface area contributed by atoms with E-state index in [1.54, 1.807) is 0 Å². The Morgan fingerprint density at radius 3 is 3.06 bits per heavy atom. The maximum Gasteiger partial charge on any atom is 0.223 e. The SMILES string of the molecule is Cc1nc(CC2CCCN(CCCCO)C2)no1. The summed E-state index contributed by atoms with van der Waals surface area (Å²) in [6, 6.07) is 0. The largest absolute Gasteiger partial charge is 0.396 e. The Labute approximate surface area is 108 Å². The Hall–Kier alpha value is -0.940. The van der Waals surface area contributed by atoms with Gasteiger partial charge in [-0.15, -0.1) is 0 Å². The highest BCUT2D eigenvalue weighted by atomic mass is 16.5. The van der Waals surface area contributed by atoms with Crippen LogP contribution < -0.4 is 0 Å². The van der Waals surface area contributed by atoms with Crippen LogP contribution in [0.3, 0.4) is 0 Å². The van der Waals surface area contributed by atoms with Crippen molar-refractivity contribution in [2.75, 3.05) is 26.2 Å². The van der Waals surface area contributed by atoms with E-state index in [0.29, 0.717) is 18.4 Å². The Morgan fingerprint density at radius 2 is 2.33 bits per heavy atom. The number of likely N-dealkylation sites (tertiary alicyclic amines) is 1. The molecule has 0 aromatic carbocycles. The van der Waals surface area contributed by atoms with Crippen LogP contribution in [0.1, 0.15) is 37.4 Å². The third-order valence-electron chi connectivity index (χ3n) is 3.53. The highest BCUT2D eigenvalue weighted by Crippen LogP contribution is 2.20. The third-order valence-corrected chi connectivity index (χ3v) is 3.53. The van der Waals surface area contributed by atoms with Crippen LogP contribution in [0.2, 0.25) is 0 Å². The van der Waals surface area contributed by atoms with Crippen molar-refractivity contribution in [3.8, 4) is 0 Å². The maximum absolute atomic E-state index is 8.80. The number of hydrogen-bond donors (Lipinski definition) is 1. The molecule has 1 aliphatic rings. The van der Waals surface area contributed by atoms with Gasteiger partial charge >= 0.3 is 0 Å². The number of aliphatic hydroxyl groups is 1. The van der Waals surface area contributed by atoms with E-state index in [1.807, 2.05) is 6.92 Å². The minimum atomic E-state index is 0.305. The molecule has 5 heteroatoms. The second-order valence-electron chi connectivity index (χ2n) is 5.17. The minimum absolute atomic E-state index is 0.305. The average Bonchev–Trinajstić information content (AvgIpc) is 2.76. The molecule has 5 nitrogen and oxygen atoms in total. The van der Waals surface area contributed by atoms with Gasteiger partial charge in [-0.2, -0.15) is 4.98 Å². The molecular weight excluding hydrogens is 230 g/mol. The lowest BCUT2D eigenvalue weighted by Gasteiger charge is -2.32. The molecule has 1 aliphatic heterocycles. The van der Waals surface area contributed by atoms with Crippen molar-refractivity contribution in [1.82, 2.24) is 15.0 Å². The monoisotopic (exact) mass is 253 g/mol. The molecule has 1 aromatic heterocycles. The second kappa shape index (κ2) is 6.85.